The van der Waals surface area contributed by atoms with Gasteiger partial charge in [-0.1, -0.05) is 28.0 Å². The van der Waals surface area contributed by atoms with E-state index < -0.39 is 0 Å². The van der Waals surface area contributed by atoms with Crippen LogP contribution in [0.2, 0.25) is 0 Å². The molecule has 1 heterocycles. The van der Waals surface area contributed by atoms with Gasteiger partial charge in [-0.25, -0.2) is 0 Å². The Morgan fingerprint density at radius 2 is 1.30 bits per heavy atom. The summed E-state index contributed by atoms with van der Waals surface area (Å²) in [7, 11) is 3.94. The number of hydrogen-bond donors (Lipinski definition) is 1. The van der Waals surface area contributed by atoms with Gasteiger partial charge in [0, 0.05) is 17.4 Å². The Kier molecular flexibility index (Phi) is 20.6. The van der Waals surface area contributed by atoms with Crippen molar-refractivity contribution in [1.29, 1.82) is 0 Å². The van der Waals surface area contributed by atoms with Crippen LogP contribution in [0.1, 0.15) is 32.1 Å². The number of ether oxygens (including phenoxy) is 6. The molecule has 0 aromatic carbocycles. The number of aliphatic hydroxyl groups is 1. The van der Waals surface area contributed by atoms with Crippen LogP contribution in [0, 0.1) is 0 Å². The van der Waals surface area contributed by atoms with E-state index in [0.717, 1.165) is 18.1 Å². The largest absolute Gasteiger partial charge is 0.463 e. The van der Waals surface area contributed by atoms with Crippen LogP contribution in [-0.4, -0.2) is 101 Å². The highest BCUT2D eigenvalue weighted by Gasteiger charge is 2.15. The third-order valence-corrected chi connectivity index (χ3v) is 7.11. The minimum absolute atomic E-state index is 0.0286. The van der Waals surface area contributed by atoms with E-state index in [-0.39, 0.29) is 12.6 Å². The predicted octanol–water partition coefficient (Wildman–Crippen LogP) is 2.32. The van der Waals surface area contributed by atoms with Gasteiger partial charge in [0.25, 0.3) is 0 Å². The molecule has 0 aromatic rings. The van der Waals surface area contributed by atoms with E-state index in [1.165, 1.54) is 18.6 Å². The number of aliphatic hydroxyl groups excluding tert-OH is 1. The topological polar surface area (TPSA) is 92.7 Å². The molecule has 1 saturated heterocycles. The summed E-state index contributed by atoms with van der Waals surface area (Å²) < 4.78 is 31.7. The summed E-state index contributed by atoms with van der Waals surface area (Å²) in [4.78, 5) is 11.6. The highest BCUT2D eigenvalue weighted by Crippen LogP contribution is 2.39. The molecule has 30 heavy (non-hydrogen) atoms. The van der Waals surface area contributed by atoms with Crippen LogP contribution >= 0.6 is 21.6 Å². The van der Waals surface area contributed by atoms with Crippen LogP contribution in [0.4, 0.5) is 0 Å². The molecule has 0 aromatic heterocycles. The van der Waals surface area contributed by atoms with Crippen LogP contribution in [-0.2, 0) is 33.2 Å². The van der Waals surface area contributed by atoms with Crippen LogP contribution in [0.3, 0.4) is 0 Å². The maximum atomic E-state index is 11.6. The van der Waals surface area contributed by atoms with Crippen molar-refractivity contribution in [3.05, 3.63) is 0 Å². The Morgan fingerprint density at radius 3 is 1.80 bits per heavy atom. The molecule has 1 rings (SSSR count). The molecule has 0 amide bonds. The van der Waals surface area contributed by atoms with E-state index in [9.17, 15) is 4.79 Å². The molecule has 1 aliphatic heterocycles. The van der Waals surface area contributed by atoms with Gasteiger partial charge in [0.05, 0.1) is 72.7 Å². The summed E-state index contributed by atoms with van der Waals surface area (Å²) in [5.74, 6) is 1.12. The standard InChI is InChI=1S/C20H38O8S2/c21-6-7-23-8-9-24-10-11-25-12-13-26-14-15-27-16-17-28-20(22)4-2-1-3-19-5-18-29-30-19/h19,21H,1-18H2. The van der Waals surface area contributed by atoms with Crippen LogP contribution in [0.25, 0.3) is 0 Å². The monoisotopic (exact) mass is 470 g/mol. The molecule has 0 saturated carbocycles. The molecule has 1 fully saturated rings. The molecule has 0 aliphatic carbocycles. The highest BCUT2D eigenvalue weighted by atomic mass is 33.1. The minimum atomic E-state index is -0.137. The molecule has 10 heteroatoms. The summed E-state index contributed by atoms with van der Waals surface area (Å²) >= 11 is 0. The molecular formula is C20H38O8S2. The van der Waals surface area contributed by atoms with Gasteiger partial charge in [-0.05, 0) is 19.3 Å². The quantitative estimate of drug-likeness (QED) is 0.144. The summed E-state index contributed by atoms with van der Waals surface area (Å²) in [5.41, 5.74) is 0. The molecule has 8 nitrogen and oxygen atoms in total. The van der Waals surface area contributed by atoms with Gasteiger partial charge in [0.1, 0.15) is 6.61 Å². The second-order valence-electron chi connectivity index (χ2n) is 6.58. The average Bonchev–Trinajstić information content (AvgIpc) is 3.27. The number of carbonyl (C=O) groups excluding carboxylic acids is 1. The lowest BCUT2D eigenvalue weighted by Crippen LogP contribution is -2.15. The first-order chi connectivity index (χ1) is 14.8. The zero-order valence-corrected chi connectivity index (χ0v) is 19.6. The average molecular weight is 471 g/mol. The van der Waals surface area contributed by atoms with Crippen molar-refractivity contribution in [2.45, 2.75) is 37.4 Å². The Labute approximate surface area is 188 Å². The lowest BCUT2D eigenvalue weighted by atomic mass is 10.1. The zero-order valence-electron chi connectivity index (χ0n) is 17.9. The Morgan fingerprint density at radius 1 is 0.767 bits per heavy atom. The maximum absolute atomic E-state index is 11.6. The van der Waals surface area contributed by atoms with E-state index in [4.69, 9.17) is 33.5 Å². The first-order valence-electron chi connectivity index (χ1n) is 10.8. The lowest BCUT2D eigenvalue weighted by Gasteiger charge is -2.08. The molecule has 1 aliphatic rings. The van der Waals surface area contributed by atoms with Gasteiger partial charge < -0.3 is 33.5 Å². The van der Waals surface area contributed by atoms with Crippen molar-refractivity contribution in [2.24, 2.45) is 0 Å². The normalized spacial score (nSPS) is 16.2. The molecular weight excluding hydrogens is 432 g/mol. The number of carbonyl (C=O) groups is 1. The number of hydrogen-bond acceptors (Lipinski definition) is 10. The van der Waals surface area contributed by atoms with Crippen LogP contribution in [0.5, 0.6) is 0 Å². The van der Waals surface area contributed by atoms with Gasteiger partial charge in [0.15, 0.2) is 0 Å². The molecule has 0 radical (unpaired) electrons. The van der Waals surface area contributed by atoms with Gasteiger partial charge >= 0.3 is 5.97 Å². The predicted molar refractivity (Wildman–Crippen MR) is 119 cm³/mol. The minimum Gasteiger partial charge on any atom is -0.463 e. The summed E-state index contributed by atoms with van der Waals surface area (Å²) in [6.45, 7) is 4.96. The summed E-state index contributed by atoms with van der Waals surface area (Å²) in [6.07, 6.45) is 5.00. The Balaban J connectivity index is 1.68. The van der Waals surface area contributed by atoms with Crippen LogP contribution in [0.15, 0.2) is 0 Å². The first-order valence-corrected chi connectivity index (χ1v) is 13.1. The fraction of sp³-hybridized carbons (Fsp3) is 0.950. The number of esters is 1. The first kappa shape index (κ1) is 28.0. The van der Waals surface area contributed by atoms with Crippen molar-refractivity contribution >= 4 is 27.6 Å². The number of rotatable bonds is 22. The molecule has 0 spiro atoms. The van der Waals surface area contributed by atoms with E-state index in [0.29, 0.717) is 79.1 Å². The summed E-state index contributed by atoms with van der Waals surface area (Å²) in [6, 6.07) is 0. The Bertz CT molecular complexity index is 384. The fourth-order valence-corrected chi connectivity index (χ4v) is 5.57. The van der Waals surface area contributed by atoms with Crippen molar-refractivity contribution in [3.8, 4) is 0 Å². The van der Waals surface area contributed by atoms with Gasteiger partial charge in [-0.3, -0.25) is 4.79 Å². The Hall–Kier alpha value is -0.0700. The lowest BCUT2D eigenvalue weighted by molar-refractivity contribution is -0.145. The molecule has 1 N–H and O–H groups in total. The number of unbranched alkanes of at least 4 members (excludes halogenated alkanes) is 1. The highest BCUT2D eigenvalue weighted by molar-refractivity contribution is 8.77. The van der Waals surface area contributed by atoms with Crippen molar-refractivity contribution < 1.29 is 38.3 Å². The van der Waals surface area contributed by atoms with Crippen LogP contribution < -0.4 is 0 Å². The zero-order chi connectivity index (χ0) is 21.5. The molecule has 1 atom stereocenters. The van der Waals surface area contributed by atoms with Gasteiger partial charge in [0.2, 0.25) is 0 Å². The molecule has 178 valence electrons. The maximum Gasteiger partial charge on any atom is 0.305 e. The van der Waals surface area contributed by atoms with E-state index in [1.807, 2.05) is 21.6 Å². The van der Waals surface area contributed by atoms with Gasteiger partial charge in [-0.15, -0.1) is 0 Å². The van der Waals surface area contributed by atoms with Crippen molar-refractivity contribution in [3.63, 3.8) is 0 Å². The fourth-order valence-electron chi connectivity index (χ4n) is 2.54. The van der Waals surface area contributed by atoms with E-state index in [1.54, 1.807) is 0 Å². The third-order valence-electron chi connectivity index (χ3n) is 4.10. The van der Waals surface area contributed by atoms with Crippen molar-refractivity contribution in [2.75, 3.05) is 85.0 Å². The molecule has 1 unspecified atom stereocenters. The second kappa shape index (κ2) is 22.1. The van der Waals surface area contributed by atoms with Crippen molar-refractivity contribution in [1.82, 2.24) is 0 Å². The second-order valence-corrected chi connectivity index (χ2v) is 9.37. The smallest absolute Gasteiger partial charge is 0.305 e. The summed E-state index contributed by atoms with van der Waals surface area (Å²) in [5, 5.41) is 9.31. The van der Waals surface area contributed by atoms with E-state index in [2.05, 4.69) is 0 Å². The van der Waals surface area contributed by atoms with E-state index >= 15 is 0 Å². The third kappa shape index (κ3) is 18.7. The SMILES string of the molecule is O=C(CCCCC1CCSS1)OCCOCCOCCOCCOCCOCCO. The van der Waals surface area contributed by atoms with Gasteiger partial charge in [-0.2, -0.15) is 0 Å². The molecule has 0 bridgehead atoms.